The number of carbonyl (C=O) groups excluding carboxylic acids is 1. The number of benzene rings is 1. The van der Waals surface area contributed by atoms with Gasteiger partial charge in [-0.15, -0.1) is 0 Å². The fraction of sp³-hybridized carbons (Fsp3) is 0.0625. The van der Waals surface area contributed by atoms with Crippen LogP contribution in [0.3, 0.4) is 0 Å². The molecule has 0 unspecified atom stereocenters. The van der Waals surface area contributed by atoms with Gasteiger partial charge in [0.25, 0.3) is 0 Å². The summed E-state index contributed by atoms with van der Waals surface area (Å²) in [5.41, 5.74) is 0.905. The summed E-state index contributed by atoms with van der Waals surface area (Å²) in [5.74, 6) is 0.0641. The fourth-order valence-electron chi connectivity index (χ4n) is 2.03. The lowest BCUT2D eigenvalue weighted by molar-refractivity contribution is 0.101. The third kappa shape index (κ3) is 3.49. The van der Waals surface area contributed by atoms with Gasteiger partial charge in [0.1, 0.15) is 12.1 Å². The summed E-state index contributed by atoms with van der Waals surface area (Å²) in [6.45, 7) is 0. The summed E-state index contributed by atoms with van der Waals surface area (Å²) in [6, 6.07) is 10.7. The quantitative estimate of drug-likeness (QED) is 0.425. The molecule has 7 heteroatoms. The lowest BCUT2D eigenvalue weighted by Crippen LogP contribution is -1.96. The summed E-state index contributed by atoms with van der Waals surface area (Å²) < 4.78 is 5.51. The molecular weight excluding hydrogens is 318 g/mol. The zero-order valence-corrected chi connectivity index (χ0v) is 12.6. The van der Waals surface area contributed by atoms with Crippen molar-refractivity contribution in [1.82, 2.24) is 15.2 Å². The summed E-state index contributed by atoms with van der Waals surface area (Å²) in [5, 5.41) is 16.5. The van der Waals surface area contributed by atoms with E-state index >= 15 is 0 Å². The van der Waals surface area contributed by atoms with Gasteiger partial charge in [0.2, 0.25) is 5.78 Å². The molecule has 2 N–H and O–H groups in total. The molecule has 0 spiro atoms. The van der Waals surface area contributed by atoms with E-state index in [1.54, 1.807) is 18.2 Å². The van der Waals surface area contributed by atoms with Crippen LogP contribution < -0.4 is 0 Å². The number of ketones is 1. The molecular formula is C16H12ClN3O3. The lowest BCUT2D eigenvalue weighted by Gasteiger charge is -2.00. The number of aliphatic hydroxyl groups is 1. The summed E-state index contributed by atoms with van der Waals surface area (Å²) in [7, 11) is 0. The SMILES string of the molecule is O=C(/C=C(\O)c1ncn[nH]1)c1ccc(Cc2ccccc2Cl)o1. The molecule has 2 aromatic heterocycles. The van der Waals surface area contributed by atoms with Gasteiger partial charge in [-0.1, -0.05) is 29.8 Å². The Labute approximate surface area is 136 Å². The van der Waals surface area contributed by atoms with Crippen LogP contribution in [0.25, 0.3) is 5.76 Å². The van der Waals surface area contributed by atoms with Crippen LogP contribution in [0.15, 0.2) is 53.2 Å². The number of H-pyrrole nitrogens is 1. The van der Waals surface area contributed by atoms with E-state index in [0.717, 1.165) is 11.6 Å². The van der Waals surface area contributed by atoms with Crippen LogP contribution in [0.1, 0.15) is 27.7 Å². The van der Waals surface area contributed by atoms with E-state index in [1.165, 1.54) is 6.33 Å². The van der Waals surface area contributed by atoms with Gasteiger partial charge >= 0.3 is 0 Å². The summed E-state index contributed by atoms with van der Waals surface area (Å²) >= 11 is 6.10. The van der Waals surface area contributed by atoms with Gasteiger partial charge in [-0.2, -0.15) is 5.10 Å². The van der Waals surface area contributed by atoms with E-state index in [-0.39, 0.29) is 17.3 Å². The Hall–Kier alpha value is -2.86. The Morgan fingerprint density at radius 3 is 2.87 bits per heavy atom. The first-order valence-electron chi connectivity index (χ1n) is 6.76. The lowest BCUT2D eigenvalue weighted by atomic mass is 10.1. The van der Waals surface area contributed by atoms with Crippen molar-refractivity contribution >= 4 is 23.1 Å². The molecule has 23 heavy (non-hydrogen) atoms. The van der Waals surface area contributed by atoms with Crippen molar-refractivity contribution in [2.75, 3.05) is 0 Å². The Balaban J connectivity index is 1.75. The molecule has 0 aliphatic heterocycles. The van der Waals surface area contributed by atoms with Crippen molar-refractivity contribution in [3.8, 4) is 0 Å². The minimum absolute atomic E-state index is 0.112. The molecule has 0 amide bonds. The maximum absolute atomic E-state index is 12.1. The highest BCUT2D eigenvalue weighted by molar-refractivity contribution is 6.31. The number of nitrogens with one attached hydrogen (secondary N) is 1. The van der Waals surface area contributed by atoms with Crippen molar-refractivity contribution < 1.29 is 14.3 Å². The van der Waals surface area contributed by atoms with Crippen molar-refractivity contribution in [2.45, 2.75) is 6.42 Å². The average molecular weight is 330 g/mol. The van der Waals surface area contributed by atoms with Crippen LogP contribution in [-0.4, -0.2) is 26.1 Å². The van der Waals surface area contributed by atoms with Crippen molar-refractivity contribution in [1.29, 1.82) is 0 Å². The monoisotopic (exact) mass is 329 g/mol. The molecule has 0 fully saturated rings. The Bertz CT molecular complexity index is 853. The third-order valence-corrected chi connectivity index (χ3v) is 3.52. The second-order valence-corrected chi connectivity index (χ2v) is 5.17. The molecule has 2 heterocycles. The second-order valence-electron chi connectivity index (χ2n) is 4.76. The fourth-order valence-corrected chi connectivity index (χ4v) is 2.23. The number of aromatic amines is 1. The van der Waals surface area contributed by atoms with E-state index < -0.39 is 5.78 Å². The highest BCUT2D eigenvalue weighted by atomic mass is 35.5. The minimum Gasteiger partial charge on any atom is -0.504 e. The van der Waals surface area contributed by atoms with E-state index in [1.807, 2.05) is 18.2 Å². The van der Waals surface area contributed by atoms with Crippen molar-refractivity contribution in [2.24, 2.45) is 0 Å². The number of carbonyl (C=O) groups is 1. The molecule has 3 aromatic rings. The van der Waals surface area contributed by atoms with Crippen LogP contribution >= 0.6 is 11.6 Å². The number of nitrogens with zero attached hydrogens (tertiary/aromatic N) is 2. The number of furan rings is 1. The first-order valence-corrected chi connectivity index (χ1v) is 7.14. The molecule has 0 aliphatic carbocycles. The van der Waals surface area contributed by atoms with E-state index in [0.29, 0.717) is 17.2 Å². The van der Waals surface area contributed by atoms with Gasteiger partial charge in [0.05, 0.1) is 0 Å². The zero-order valence-electron chi connectivity index (χ0n) is 11.9. The predicted octanol–water partition coefficient (Wildman–Crippen LogP) is 3.42. The molecule has 1 aromatic carbocycles. The van der Waals surface area contributed by atoms with Gasteiger partial charge in [-0.05, 0) is 23.8 Å². The normalized spacial score (nSPS) is 11.6. The molecule has 0 bridgehead atoms. The standard InChI is InChI=1S/C16H12ClN3O3/c17-12-4-2-1-3-10(12)7-11-5-6-15(23-11)13(21)8-14(22)16-18-9-19-20-16/h1-6,8-9,22H,7H2,(H,18,19,20)/b14-8-. The number of aliphatic hydroxyl groups excluding tert-OH is 1. The largest absolute Gasteiger partial charge is 0.504 e. The van der Waals surface area contributed by atoms with Gasteiger partial charge in [-0.3, -0.25) is 9.89 Å². The summed E-state index contributed by atoms with van der Waals surface area (Å²) in [4.78, 5) is 15.8. The van der Waals surface area contributed by atoms with Crippen LogP contribution in [0, 0.1) is 0 Å². The molecule has 0 radical (unpaired) electrons. The molecule has 0 saturated heterocycles. The summed E-state index contributed by atoms with van der Waals surface area (Å²) in [6.07, 6.45) is 2.74. The third-order valence-electron chi connectivity index (χ3n) is 3.15. The van der Waals surface area contributed by atoms with Gasteiger partial charge in [-0.25, -0.2) is 4.98 Å². The molecule has 3 rings (SSSR count). The molecule has 116 valence electrons. The van der Waals surface area contributed by atoms with Gasteiger partial charge in [0, 0.05) is 17.5 Å². The number of halogens is 1. The molecule has 0 saturated carbocycles. The van der Waals surface area contributed by atoms with Crippen molar-refractivity contribution in [3.63, 3.8) is 0 Å². The molecule has 6 nitrogen and oxygen atoms in total. The number of hydrogen-bond donors (Lipinski definition) is 2. The Morgan fingerprint density at radius 1 is 1.30 bits per heavy atom. The first kappa shape index (κ1) is 15.1. The van der Waals surface area contributed by atoms with Gasteiger partial charge < -0.3 is 9.52 Å². The van der Waals surface area contributed by atoms with Crippen LogP contribution in [0.5, 0.6) is 0 Å². The topological polar surface area (TPSA) is 92.0 Å². The average Bonchev–Trinajstić information content (AvgIpc) is 3.21. The van der Waals surface area contributed by atoms with E-state index in [2.05, 4.69) is 15.2 Å². The zero-order chi connectivity index (χ0) is 16.2. The van der Waals surface area contributed by atoms with Crippen LogP contribution in [0.2, 0.25) is 5.02 Å². The maximum atomic E-state index is 12.1. The number of hydrogen-bond acceptors (Lipinski definition) is 5. The van der Waals surface area contributed by atoms with Crippen molar-refractivity contribution in [3.05, 3.63) is 76.7 Å². The molecule has 0 aliphatic rings. The molecule has 0 atom stereocenters. The van der Waals surface area contributed by atoms with Crippen LogP contribution in [0.4, 0.5) is 0 Å². The minimum atomic E-state index is -0.468. The Kier molecular flexibility index (Phi) is 4.25. The van der Waals surface area contributed by atoms with Gasteiger partial charge in [0.15, 0.2) is 17.3 Å². The van der Waals surface area contributed by atoms with E-state index in [9.17, 15) is 9.90 Å². The highest BCUT2D eigenvalue weighted by Gasteiger charge is 2.13. The number of aromatic nitrogens is 3. The van der Waals surface area contributed by atoms with E-state index in [4.69, 9.17) is 16.0 Å². The smallest absolute Gasteiger partial charge is 0.224 e. The Morgan fingerprint density at radius 2 is 2.13 bits per heavy atom. The van der Waals surface area contributed by atoms with Crippen LogP contribution in [-0.2, 0) is 6.42 Å². The predicted molar refractivity (Wildman–Crippen MR) is 84.3 cm³/mol. The number of allylic oxidation sites excluding steroid dienone is 1. The first-order chi connectivity index (χ1) is 11.1. The second kappa shape index (κ2) is 6.50. The maximum Gasteiger partial charge on any atom is 0.224 e. The highest BCUT2D eigenvalue weighted by Crippen LogP contribution is 2.20. The number of rotatable bonds is 5.